The molecule has 0 fully saturated rings. The lowest BCUT2D eigenvalue weighted by molar-refractivity contribution is 0.293. The number of hydrogen-bond donors (Lipinski definition) is 0. The summed E-state index contributed by atoms with van der Waals surface area (Å²) in [7, 11) is 0. The highest BCUT2D eigenvalue weighted by atomic mass is 79.9. The van der Waals surface area contributed by atoms with Gasteiger partial charge in [0.2, 0.25) is 0 Å². The number of para-hydroxylation sites is 1. The van der Waals surface area contributed by atoms with E-state index in [9.17, 15) is 4.39 Å². The molecular formula is C16H16BrFO. The van der Waals surface area contributed by atoms with E-state index in [2.05, 4.69) is 28.1 Å². The molecular weight excluding hydrogens is 307 g/mol. The minimum Gasteiger partial charge on any atom is -0.490 e. The van der Waals surface area contributed by atoms with E-state index in [1.165, 1.54) is 11.6 Å². The average molecular weight is 323 g/mol. The summed E-state index contributed by atoms with van der Waals surface area (Å²) < 4.78 is 19.2. The Morgan fingerprint density at radius 1 is 1.00 bits per heavy atom. The third-order valence-electron chi connectivity index (χ3n) is 2.89. The Labute approximate surface area is 121 Å². The smallest absolute Gasteiger partial charge is 0.165 e. The number of benzene rings is 2. The molecule has 0 atom stereocenters. The van der Waals surface area contributed by atoms with Gasteiger partial charge in [0.15, 0.2) is 11.6 Å². The fourth-order valence-corrected chi connectivity index (χ4v) is 2.36. The number of rotatable bonds is 6. The van der Waals surface area contributed by atoms with Crippen LogP contribution in [0, 0.1) is 5.82 Å². The van der Waals surface area contributed by atoms with Crippen molar-refractivity contribution < 1.29 is 9.13 Å². The molecule has 0 bridgehead atoms. The molecule has 0 aliphatic carbocycles. The first-order chi connectivity index (χ1) is 9.31. The molecule has 2 aromatic carbocycles. The standard InChI is InChI=1S/C16H16BrFO/c17-12-14-9-4-10-15(18)16(14)19-11-5-8-13-6-2-1-3-7-13/h1-4,6-7,9-10H,5,8,11-12H2. The highest BCUT2D eigenvalue weighted by Crippen LogP contribution is 2.24. The van der Waals surface area contributed by atoms with E-state index in [0.29, 0.717) is 17.7 Å². The lowest BCUT2D eigenvalue weighted by Gasteiger charge is -2.10. The van der Waals surface area contributed by atoms with Gasteiger partial charge in [-0.25, -0.2) is 4.39 Å². The minimum atomic E-state index is -0.295. The number of alkyl halides is 1. The molecule has 1 nitrogen and oxygen atoms in total. The van der Waals surface area contributed by atoms with Crippen molar-refractivity contribution in [3.8, 4) is 5.75 Å². The highest BCUT2D eigenvalue weighted by molar-refractivity contribution is 9.08. The van der Waals surface area contributed by atoms with Gasteiger partial charge in [-0.2, -0.15) is 0 Å². The predicted molar refractivity (Wildman–Crippen MR) is 79.3 cm³/mol. The van der Waals surface area contributed by atoms with E-state index in [1.54, 1.807) is 6.07 Å². The van der Waals surface area contributed by atoms with Crippen LogP contribution in [0.5, 0.6) is 5.75 Å². The number of ether oxygens (including phenoxy) is 1. The van der Waals surface area contributed by atoms with E-state index in [1.807, 2.05) is 24.3 Å². The summed E-state index contributed by atoms with van der Waals surface area (Å²) in [4.78, 5) is 0. The molecule has 0 unspecified atom stereocenters. The van der Waals surface area contributed by atoms with Gasteiger partial charge in [0.05, 0.1) is 6.61 Å². The Kier molecular flexibility index (Phi) is 5.40. The first kappa shape index (κ1) is 14.1. The maximum Gasteiger partial charge on any atom is 0.165 e. The van der Waals surface area contributed by atoms with Crippen LogP contribution in [0.1, 0.15) is 17.5 Å². The molecule has 0 aliphatic heterocycles. The van der Waals surface area contributed by atoms with E-state index in [4.69, 9.17) is 4.74 Å². The molecule has 0 saturated heterocycles. The molecule has 0 heterocycles. The largest absolute Gasteiger partial charge is 0.490 e. The zero-order chi connectivity index (χ0) is 13.5. The van der Waals surface area contributed by atoms with Crippen molar-refractivity contribution in [2.24, 2.45) is 0 Å². The van der Waals surface area contributed by atoms with Gasteiger partial charge in [-0.1, -0.05) is 58.4 Å². The molecule has 100 valence electrons. The predicted octanol–water partition coefficient (Wildman–Crippen LogP) is 4.73. The van der Waals surface area contributed by atoms with Crippen molar-refractivity contribution in [1.29, 1.82) is 0 Å². The first-order valence-electron chi connectivity index (χ1n) is 6.31. The second-order valence-corrected chi connectivity index (χ2v) is 4.86. The summed E-state index contributed by atoms with van der Waals surface area (Å²) in [5.74, 6) is 0.0732. The van der Waals surface area contributed by atoms with Gasteiger partial charge in [-0.05, 0) is 24.5 Å². The van der Waals surface area contributed by atoms with Crippen LogP contribution < -0.4 is 4.74 Å². The molecule has 2 aromatic rings. The number of hydrogen-bond acceptors (Lipinski definition) is 1. The van der Waals surface area contributed by atoms with Gasteiger partial charge in [0.25, 0.3) is 0 Å². The molecule has 0 amide bonds. The lowest BCUT2D eigenvalue weighted by Crippen LogP contribution is -2.03. The normalized spacial score (nSPS) is 10.4. The minimum absolute atomic E-state index is 0.295. The Hall–Kier alpha value is -1.35. The van der Waals surface area contributed by atoms with Gasteiger partial charge >= 0.3 is 0 Å². The van der Waals surface area contributed by atoms with Crippen LogP contribution in [0.4, 0.5) is 4.39 Å². The molecule has 0 saturated carbocycles. The van der Waals surface area contributed by atoms with Crippen molar-refractivity contribution in [3.63, 3.8) is 0 Å². The van der Waals surface area contributed by atoms with E-state index < -0.39 is 0 Å². The zero-order valence-corrected chi connectivity index (χ0v) is 12.2. The topological polar surface area (TPSA) is 9.23 Å². The fourth-order valence-electron chi connectivity index (χ4n) is 1.92. The quantitative estimate of drug-likeness (QED) is 0.551. The van der Waals surface area contributed by atoms with Crippen LogP contribution >= 0.6 is 15.9 Å². The summed E-state index contributed by atoms with van der Waals surface area (Å²) in [5, 5.41) is 0.596. The number of halogens is 2. The second kappa shape index (κ2) is 7.29. The molecule has 0 radical (unpaired) electrons. The van der Waals surface area contributed by atoms with Crippen LogP contribution in [0.2, 0.25) is 0 Å². The Morgan fingerprint density at radius 3 is 2.53 bits per heavy atom. The zero-order valence-electron chi connectivity index (χ0n) is 10.6. The monoisotopic (exact) mass is 322 g/mol. The van der Waals surface area contributed by atoms with Gasteiger partial charge in [-0.3, -0.25) is 0 Å². The Bertz CT molecular complexity index is 513. The van der Waals surface area contributed by atoms with Crippen LogP contribution in [-0.4, -0.2) is 6.61 Å². The summed E-state index contributed by atoms with van der Waals surface area (Å²) in [6.07, 6.45) is 1.82. The summed E-state index contributed by atoms with van der Waals surface area (Å²) >= 11 is 3.34. The van der Waals surface area contributed by atoms with Gasteiger partial charge in [0.1, 0.15) is 0 Å². The van der Waals surface area contributed by atoms with Crippen molar-refractivity contribution in [1.82, 2.24) is 0 Å². The SMILES string of the molecule is Fc1cccc(CBr)c1OCCCc1ccccc1. The maximum absolute atomic E-state index is 13.6. The fraction of sp³-hybridized carbons (Fsp3) is 0.250. The molecule has 0 N–H and O–H groups in total. The van der Waals surface area contributed by atoms with Crippen LogP contribution in [-0.2, 0) is 11.8 Å². The van der Waals surface area contributed by atoms with Gasteiger partial charge < -0.3 is 4.74 Å². The van der Waals surface area contributed by atoms with Crippen molar-refractivity contribution in [3.05, 3.63) is 65.5 Å². The van der Waals surface area contributed by atoms with E-state index in [-0.39, 0.29) is 5.82 Å². The third kappa shape index (κ3) is 4.06. The van der Waals surface area contributed by atoms with Crippen molar-refractivity contribution >= 4 is 15.9 Å². The molecule has 3 heteroatoms. The maximum atomic E-state index is 13.6. The van der Waals surface area contributed by atoms with Crippen molar-refractivity contribution in [2.75, 3.05) is 6.61 Å². The summed E-state index contributed by atoms with van der Waals surface area (Å²) in [6, 6.07) is 15.2. The average Bonchev–Trinajstić information content (AvgIpc) is 2.46. The molecule has 0 spiro atoms. The number of aryl methyl sites for hydroxylation is 1. The Morgan fingerprint density at radius 2 is 1.79 bits per heavy atom. The molecule has 0 aliphatic rings. The van der Waals surface area contributed by atoms with Gasteiger partial charge in [-0.15, -0.1) is 0 Å². The van der Waals surface area contributed by atoms with E-state index >= 15 is 0 Å². The Balaban J connectivity index is 1.86. The molecule has 19 heavy (non-hydrogen) atoms. The van der Waals surface area contributed by atoms with Crippen LogP contribution in [0.25, 0.3) is 0 Å². The second-order valence-electron chi connectivity index (χ2n) is 4.30. The van der Waals surface area contributed by atoms with Crippen molar-refractivity contribution in [2.45, 2.75) is 18.2 Å². The summed E-state index contributed by atoms with van der Waals surface area (Å²) in [6.45, 7) is 0.524. The molecule has 0 aromatic heterocycles. The van der Waals surface area contributed by atoms with Gasteiger partial charge in [0, 0.05) is 10.9 Å². The third-order valence-corrected chi connectivity index (χ3v) is 3.50. The van der Waals surface area contributed by atoms with Crippen LogP contribution in [0.3, 0.4) is 0 Å². The molecule has 2 rings (SSSR count). The lowest BCUT2D eigenvalue weighted by atomic mass is 10.1. The summed E-state index contributed by atoms with van der Waals surface area (Å²) in [5.41, 5.74) is 2.13. The first-order valence-corrected chi connectivity index (χ1v) is 7.43. The van der Waals surface area contributed by atoms with E-state index in [0.717, 1.165) is 18.4 Å². The van der Waals surface area contributed by atoms with Crippen LogP contribution in [0.15, 0.2) is 48.5 Å². The highest BCUT2D eigenvalue weighted by Gasteiger charge is 2.08.